The van der Waals surface area contributed by atoms with Crippen molar-refractivity contribution in [2.75, 3.05) is 26.2 Å². The summed E-state index contributed by atoms with van der Waals surface area (Å²) >= 11 is 3.53. The van der Waals surface area contributed by atoms with E-state index in [1.165, 1.54) is 11.1 Å². The van der Waals surface area contributed by atoms with E-state index in [9.17, 15) is 4.79 Å². The second kappa shape index (κ2) is 9.25. The van der Waals surface area contributed by atoms with E-state index in [0.29, 0.717) is 24.2 Å². The van der Waals surface area contributed by atoms with Crippen molar-refractivity contribution < 1.29 is 4.79 Å². The van der Waals surface area contributed by atoms with Crippen molar-refractivity contribution in [3.63, 3.8) is 0 Å². The highest BCUT2D eigenvalue weighted by Gasteiger charge is 2.28. The molecule has 3 aromatic rings. The highest BCUT2D eigenvalue weighted by Crippen LogP contribution is 2.30. The van der Waals surface area contributed by atoms with Crippen molar-refractivity contribution in [3.05, 3.63) is 106 Å². The van der Waals surface area contributed by atoms with Crippen LogP contribution in [0.25, 0.3) is 0 Å². The van der Waals surface area contributed by atoms with E-state index in [0.717, 1.165) is 17.6 Å². The van der Waals surface area contributed by atoms with Crippen LogP contribution in [0, 0.1) is 11.3 Å². The molecule has 0 radical (unpaired) electrons. The van der Waals surface area contributed by atoms with Gasteiger partial charge in [-0.2, -0.15) is 5.26 Å². The molecule has 1 aliphatic heterocycles. The molecular formula is C25H22BrN3O. The molecule has 0 unspecified atom stereocenters. The van der Waals surface area contributed by atoms with Crippen LogP contribution in [0.4, 0.5) is 0 Å². The highest BCUT2D eigenvalue weighted by molar-refractivity contribution is 9.10. The number of hydrogen-bond acceptors (Lipinski definition) is 3. The third-order valence-corrected chi connectivity index (χ3v) is 6.06. The maximum Gasteiger partial charge on any atom is 0.253 e. The summed E-state index contributed by atoms with van der Waals surface area (Å²) in [6.07, 6.45) is 0. The van der Waals surface area contributed by atoms with Gasteiger partial charge in [0.2, 0.25) is 0 Å². The molecule has 4 rings (SSSR count). The van der Waals surface area contributed by atoms with E-state index in [2.05, 4.69) is 75.4 Å². The van der Waals surface area contributed by atoms with Crippen molar-refractivity contribution in [3.8, 4) is 6.07 Å². The maximum absolute atomic E-state index is 12.9. The lowest BCUT2D eigenvalue weighted by atomic mass is 9.96. The molecule has 0 aromatic heterocycles. The van der Waals surface area contributed by atoms with Gasteiger partial charge in [0.25, 0.3) is 5.91 Å². The first-order valence-corrected chi connectivity index (χ1v) is 10.8. The Morgan fingerprint density at radius 1 is 0.833 bits per heavy atom. The van der Waals surface area contributed by atoms with E-state index in [1.54, 1.807) is 24.3 Å². The SMILES string of the molecule is N#Cc1ccc(C(=O)N2CCN([C@H](c3ccccc3)c3ccc(Br)cc3)CC2)cc1. The van der Waals surface area contributed by atoms with Crippen LogP contribution in [0.1, 0.15) is 33.1 Å². The molecule has 1 saturated heterocycles. The van der Waals surface area contributed by atoms with Crippen LogP contribution in [0.3, 0.4) is 0 Å². The molecule has 0 saturated carbocycles. The van der Waals surface area contributed by atoms with Gasteiger partial charge in [0.1, 0.15) is 0 Å². The zero-order valence-corrected chi connectivity index (χ0v) is 18.1. The van der Waals surface area contributed by atoms with Crippen LogP contribution in [-0.4, -0.2) is 41.9 Å². The van der Waals surface area contributed by atoms with Crippen LogP contribution in [0.2, 0.25) is 0 Å². The Morgan fingerprint density at radius 3 is 2.03 bits per heavy atom. The first kappa shape index (κ1) is 20.3. The second-order valence-electron chi connectivity index (χ2n) is 7.38. The average Bonchev–Trinajstić information content (AvgIpc) is 2.81. The number of carbonyl (C=O) groups excluding carboxylic acids is 1. The molecule has 150 valence electrons. The number of hydrogen-bond donors (Lipinski definition) is 0. The Hall–Kier alpha value is -2.94. The Morgan fingerprint density at radius 2 is 1.43 bits per heavy atom. The van der Waals surface area contributed by atoms with Gasteiger partial charge in [0.15, 0.2) is 0 Å². The minimum atomic E-state index is 0.0269. The van der Waals surface area contributed by atoms with Gasteiger partial charge >= 0.3 is 0 Å². The van der Waals surface area contributed by atoms with E-state index in [4.69, 9.17) is 5.26 Å². The van der Waals surface area contributed by atoms with Gasteiger partial charge in [-0.25, -0.2) is 0 Å². The summed E-state index contributed by atoms with van der Waals surface area (Å²) in [6, 6.07) is 28.1. The lowest BCUT2D eigenvalue weighted by molar-refractivity contribution is 0.0597. The topological polar surface area (TPSA) is 47.3 Å². The number of nitrogens with zero attached hydrogens (tertiary/aromatic N) is 3. The molecule has 1 atom stereocenters. The Kier molecular flexibility index (Phi) is 6.27. The van der Waals surface area contributed by atoms with Crippen LogP contribution in [0.15, 0.2) is 83.3 Å². The molecule has 0 aliphatic carbocycles. The molecule has 0 spiro atoms. The number of nitriles is 1. The minimum Gasteiger partial charge on any atom is -0.336 e. The summed E-state index contributed by atoms with van der Waals surface area (Å²) in [5.74, 6) is 0.0269. The molecule has 4 nitrogen and oxygen atoms in total. The van der Waals surface area contributed by atoms with Crippen LogP contribution in [-0.2, 0) is 0 Å². The van der Waals surface area contributed by atoms with Gasteiger partial charge in [-0.15, -0.1) is 0 Å². The molecule has 1 aliphatic rings. The van der Waals surface area contributed by atoms with Crippen LogP contribution < -0.4 is 0 Å². The molecule has 5 heteroatoms. The van der Waals surface area contributed by atoms with Crippen molar-refractivity contribution in [2.24, 2.45) is 0 Å². The Labute approximate surface area is 185 Å². The van der Waals surface area contributed by atoms with E-state index < -0.39 is 0 Å². The summed E-state index contributed by atoms with van der Waals surface area (Å²) < 4.78 is 1.07. The fourth-order valence-electron chi connectivity index (χ4n) is 3.95. The van der Waals surface area contributed by atoms with Crippen molar-refractivity contribution in [1.29, 1.82) is 5.26 Å². The predicted octanol–water partition coefficient (Wildman–Crippen LogP) is 4.87. The maximum atomic E-state index is 12.9. The summed E-state index contributed by atoms with van der Waals surface area (Å²) in [4.78, 5) is 17.2. The fourth-order valence-corrected chi connectivity index (χ4v) is 4.21. The predicted molar refractivity (Wildman–Crippen MR) is 121 cm³/mol. The number of amides is 1. The smallest absolute Gasteiger partial charge is 0.253 e. The quantitative estimate of drug-likeness (QED) is 0.558. The van der Waals surface area contributed by atoms with Crippen LogP contribution in [0.5, 0.6) is 0 Å². The second-order valence-corrected chi connectivity index (χ2v) is 8.30. The molecule has 3 aromatic carbocycles. The number of carbonyl (C=O) groups is 1. The number of piperazine rings is 1. The Balaban J connectivity index is 1.50. The summed E-state index contributed by atoms with van der Waals surface area (Å²) in [6.45, 7) is 2.96. The molecule has 0 N–H and O–H groups in total. The van der Waals surface area contributed by atoms with Gasteiger partial charge < -0.3 is 4.90 Å². The van der Waals surface area contributed by atoms with E-state index in [1.807, 2.05) is 11.0 Å². The van der Waals surface area contributed by atoms with Gasteiger partial charge in [-0.05, 0) is 47.5 Å². The zero-order chi connectivity index (χ0) is 20.9. The third kappa shape index (κ3) is 4.46. The zero-order valence-electron chi connectivity index (χ0n) is 16.5. The Bertz CT molecular complexity index is 1030. The largest absolute Gasteiger partial charge is 0.336 e. The van der Waals surface area contributed by atoms with Gasteiger partial charge in [-0.1, -0.05) is 58.4 Å². The summed E-state index contributed by atoms with van der Waals surface area (Å²) in [5, 5.41) is 8.95. The van der Waals surface area contributed by atoms with Gasteiger partial charge in [0.05, 0.1) is 17.7 Å². The molecule has 30 heavy (non-hydrogen) atoms. The minimum absolute atomic E-state index is 0.0269. The lowest BCUT2D eigenvalue weighted by Gasteiger charge is -2.39. The van der Waals surface area contributed by atoms with Crippen molar-refractivity contribution >= 4 is 21.8 Å². The van der Waals surface area contributed by atoms with Gasteiger partial charge in [0, 0.05) is 36.2 Å². The van der Waals surface area contributed by atoms with Gasteiger partial charge in [-0.3, -0.25) is 9.69 Å². The van der Waals surface area contributed by atoms with Crippen LogP contribution >= 0.6 is 15.9 Å². The van der Waals surface area contributed by atoms with E-state index >= 15 is 0 Å². The molecular weight excluding hydrogens is 438 g/mol. The summed E-state index contributed by atoms with van der Waals surface area (Å²) in [7, 11) is 0. The number of halogens is 1. The summed E-state index contributed by atoms with van der Waals surface area (Å²) in [5.41, 5.74) is 3.70. The van der Waals surface area contributed by atoms with Crippen molar-refractivity contribution in [2.45, 2.75) is 6.04 Å². The fraction of sp³-hybridized carbons (Fsp3) is 0.200. The monoisotopic (exact) mass is 459 g/mol. The normalized spacial score (nSPS) is 15.4. The number of benzene rings is 3. The first-order valence-electron chi connectivity index (χ1n) is 9.99. The van der Waals surface area contributed by atoms with E-state index in [-0.39, 0.29) is 11.9 Å². The molecule has 1 fully saturated rings. The molecule has 1 heterocycles. The standard InChI is InChI=1S/C25H22BrN3O/c26-23-12-10-21(11-13-23)24(20-4-2-1-3-5-20)28-14-16-29(17-15-28)25(30)22-8-6-19(18-27)7-9-22/h1-13,24H,14-17H2/t24-/m1/s1. The number of rotatable bonds is 4. The highest BCUT2D eigenvalue weighted by atomic mass is 79.9. The molecule has 0 bridgehead atoms. The van der Waals surface area contributed by atoms with Crippen molar-refractivity contribution in [1.82, 2.24) is 9.80 Å². The first-order chi connectivity index (χ1) is 14.7. The average molecular weight is 460 g/mol. The lowest BCUT2D eigenvalue weighted by Crippen LogP contribution is -2.49. The third-order valence-electron chi connectivity index (χ3n) is 5.53. The molecule has 1 amide bonds.